The molecule has 1 aromatic carbocycles. The molecule has 0 fully saturated rings. The molecular weight excluding hydrogens is 330 g/mol. The number of rotatable bonds is 4. The first-order valence-corrected chi connectivity index (χ1v) is 7.27. The Balaban J connectivity index is 2.17. The fourth-order valence-corrected chi connectivity index (χ4v) is 2.89. The highest BCUT2D eigenvalue weighted by Crippen LogP contribution is 2.30. The molecule has 1 N–H and O–H groups in total. The van der Waals surface area contributed by atoms with Gasteiger partial charge in [-0.05, 0) is 35.8 Å². The van der Waals surface area contributed by atoms with Crippen molar-refractivity contribution in [1.82, 2.24) is 4.98 Å². The number of non-ortho nitro benzene ring substituents is 1. The number of anilines is 1. The summed E-state index contributed by atoms with van der Waals surface area (Å²) in [5, 5.41) is 16.9. The fraction of sp³-hybridized carbons (Fsp3) is 0.250. The van der Waals surface area contributed by atoms with Crippen molar-refractivity contribution in [2.24, 2.45) is 0 Å². The fourth-order valence-electron chi connectivity index (χ4n) is 1.60. The van der Waals surface area contributed by atoms with Crippen molar-refractivity contribution in [1.29, 1.82) is 0 Å². The van der Waals surface area contributed by atoms with Gasteiger partial charge >= 0.3 is 0 Å². The Bertz CT molecular complexity index is 615. The third kappa shape index (κ3) is 3.30. The Morgan fingerprint density at radius 3 is 2.79 bits per heavy atom. The molecule has 1 heterocycles. The maximum Gasteiger partial charge on any atom is 0.270 e. The van der Waals surface area contributed by atoms with Gasteiger partial charge in [0, 0.05) is 33.4 Å². The molecule has 100 valence electrons. The van der Waals surface area contributed by atoms with Crippen molar-refractivity contribution < 1.29 is 4.92 Å². The van der Waals surface area contributed by atoms with Crippen LogP contribution in [0, 0.1) is 17.0 Å². The van der Waals surface area contributed by atoms with Crippen LogP contribution in [0.2, 0.25) is 0 Å². The number of benzene rings is 1. The van der Waals surface area contributed by atoms with E-state index in [4.69, 9.17) is 0 Å². The zero-order valence-corrected chi connectivity index (χ0v) is 12.8. The minimum atomic E-state index is -0.415. The predicted molar refractivity (Wildman–Crippen MR) is 79.7 cm³/mol. The molecule has 2 aromatic rings. The number of aryl methyl sites for hydroxylation is 1. The average molecular weight is 342 g/mol. The van der Waals surface area contributed by atoms with Crippen molar-refractivity contribution in [3.8, 4) is 0 Å². The van der Waals surface area contributed by atoms with Gasteiger partial charge < -0.3 is 5.32 Å². The number of nitrogens with zero attached hydrogens (tertiary/aromatic N) is 2. The third-order valence-electron chi connectivity index (χ3n) is 2.54. The van der Waals surface area contributed by atoms with Gasteiger partial charge in [-0.3, -0.25) is 10.1 Å². The van der Waals surface area contributed by atoms with E-state index in [2.05, 4.69) is 26.2 Å². The topological polar surface area (TPSA) is 68.1 Å². The normalized spacial score (nSPS) is 12.2. The van der Waals surface area contributed by atoms with Gasteiger partial charge in [0.25, 0.3) is 5.69 Å². The molecule has 0 saturated heterocycles. The summed E-state index contributed by atoms with van der Waals surface area (Å²) >= 11 is 4.93. The van der Waals surface area contributed by atoms with E-state index in [9.17, 15) is 10.1 Å². The lowest BCUT2D eigenvalue weighted by molar-refractivity contribution is -0.384. The van der Waals surface area contributed by atoms with Crippen LogP contribution >= 0.6 is 27.3 Å². The van der Waals surface area contributed by atoms with Crippen LogP contribution in [0.5, 0.6) is 0 Å². The van der Waals surface area contributed by atoms with Crippen LogP contribution in [-0.2, 0) is 0 Å². The molecule has 0 spiro atoms. The highest BCUT2D eigenvalue weighted by Gasteiger charge is 2.13. The second-order valence-electron chi connectivity index (χ2n) is 4.11. The number of nitrogens with one attached hydrogen (secondary N) is 1. The zero-order chi connectivity index (χ0) is 14.0. The lowest BCUT2D eigenvalue weighted by atomic mass is 10.2. The van der Waals surface area contributed by atoms with Crippen LogP contribution in [0.15, 0.2) is 28.1 Å². The number of thiazole rings is 1. The molecule has 1 atom stereocenters. The number of nitro benzene ring substituents is 1. The number of aromatic nitrogens is 1. The molecule has 0 aliphatic carbocycles. The molecule has 0 aliphatic rings. The predicted octanol–water partition coefficient (Wildman–Crippen LogP) is 4.30. The highest BCUT2D eigenvalue weighted by atomic mass is 79.9. The Labute approximate surface area is 123 Å². The minimum Gasteiger partial charge on any atom is -0.375 e. The van der Waals surface area contributed by atoms with Crippen LogP contribution in [-0.4, -0.2) is 9.91 Å². The van der Waals surface area contributed by atoms with Crippen molar-refractivity contribution in [2.45, 2.75) is 19.9 Å². The lowest BCUT2D eigenvalue weighted by Crippen LogP contribution is -2.07. The first-order valence-electron chi connectivity index (χ1n) is 5.60. The van der Waals surface area contributed by atoms with Gasteiger partial charge in [-0.2, -0.15) is 0 Å². The standard InChI is InChI=1S/C12H12BrN3O2S/c1-7-6-19-12(14-7)8(2)15-11-4-3-9(16(17)18)5-10(11)13/h3-6,8,15H,1-2H3. The molecule has 1 aromatic heterocycles. The summed E-state index contributed by atoms with van der Waals surface area (Å²) in [4.78, 5) is 14.7. The summed E-state index contributed by atoms with van der Waals surface area (Å²) in [6.07, 6.45) is 0. The Morgan fingerprint density at radius 1 is 1.53 bits per heavy atom. The molecular formula is C12H12BrN3O2S. The van der Waals surface area contributed by atoms with E-state index in [-0.39, 0.29) is 11.7 Å². The van der Waals surface area contributed by atoms with Crippen molar-refractivity contribution in [3.63, 3.8) is 0 Å². The van der Waals surface area contributed by atoms with Crippen molar-refractivity contribution in [3.05, 3.63) is 48.9 Å². The molecule has 0 aliphatic heterocycles. The average Bonchev–Trinajstić information content (AvgIpc) is 2.78. The minimum absolute atomic E-state index is 0.0523. The van der Waals surface area contributed by atoms with Crippen LogP contribution in [0.25, 0.3) is 0 Å². The largest absolute Gasteiger partial charge is 0.375 e. The van der Waals surface area contributed by atoms with E-state index in [0.717, 1.165) is 16.4 Å². The van der Waals surface area contributed by atoms with Gasteiger partial charge in [0.2, 0.25) is 0 Å². The summed E-state index contributed by atoms with van der Waals surface area (Å²) in [7, 11) is 0. The van der Waals surface area contributed by atoms with Crippen molar-refractivity contribution in [2.75, 3.05) is 5.32 Å². The molecule has 7 heteroatoms. The Hall–Kier alpha value is -1.47. The number of nitro groups is 1. The monoisotopic (exact) mass is 341 g/mol. The second-order valence-corrected chi connectivity index (χ2v) is 5.86. The van der Waals surface area contributed by atoms with E-state index in [1.807, 2.05) is 19.2 Å². The summed E-state index contributed by atoms with van der Waals surface area (Å²) in [6.45, 7) is 3.96. The van der Waals surface area contributed by atoms with Gasteiger partial charge in [0.15, 0.2) is 0 Å². The summed E-state index contributed by atoms with van der Waals surface area (Å²) in [5.41, 5.74) is 1.87. The van der Waals surface area contributed by atoms with Gasteiger partial charge in [0.05, 0.1) is 11.0 Å². The smallest absolute Gasteiger partial charge is 0.270 e. The molecule has 1 unspecified atom stereocenters. The molecule has 5 nitrogen and oxygen atoms in total. The molecule has 2 rings (SSSR count). The van der Waals surface area contributed by atoms with E-state index in [0.29, 0.717) is 4.47 Å². The second kappa shape index (κ2) is 5.66. The van der Waals surface area contributed by atoms with E-state index in [1.54, 1.807) is 17.4 Å². The molecule has 19 heavy (non-hydrogen) atoms. The van der Waals surface area contributed by atoms with Crippen LogP contribution < -0.4 is 5.32 Å². The maximum absolute atomic E-state index is 10.7. The molecule has 0 bridgehead atoms. The first kappa shape index (κ1) is 14.0. The summed E-state index contributed by atoms with van der Waals surface area (Å²) in [6, 6.07) is 4.71. The van der Waals surface area contributed by atoms with Crippen LogP contribution in [0.1, 0.15) is 23.7 Å². The van der Waals surface area contributed by atoms with Gasteiger partial charge in [-0.25, -0.2) is 4.98 Å². The Morgan fingerprint density at radius 2 is 2.26 bits per heavy atom. The molecule has 0 radical (unpaired) electrons. The van der Waals surface area contributed by atoms with Gasteiger partial charge in [0.1, 0.15) is 5.01 Å². The lowest BCUT2D eigenvalue weighted by Gasteiger charge is -2.14. The first-order chi connectivity index (χ1) is 8.97. The number of hydrogen-bond donors (Lipinski definition) is 1. The number of hydrogen-bond acceptors (Lipinski definition) is 5. The van der Waals surface area contributed by atoms with E-state index < -0.39 is 4.92 Å². The van der Waals surface area contributed by atoms with Crippen LogP contribution in [0.4, 0.5) is 11.4 Å². The van der Waals surface area contributed by atoms with E-state index in [1.165, 1.54) is 12.1 Å². The molecule has 0 amide bonds. The quantitative estimate of drug-likeness (QED) is 0.665. The summed E-state index contributed by atoms with van der Waals surface area (Å²) in [5.74, 6) is 0. The summed E-state index contributed by atoms with van der Waals surface area (Å²) < 4.78 is 0.668. The highest BCUT2D eigenvalue weighted by molar-refractivity contribution is 9.10. The third-order valence-corrected chi connectivity index (χ3v) is 4.34. The number of halogens is 1. The van der Waals surface area contributed by atoms with Gasteiger partial charge in [-0.15, -0.1) is 11.3 Å². The van der Waals surface area contributed by atoms with Crippen LogP contribution in [0.3, 0.4) is 0 Å². The zero-order valence-electron chi connectivity index (χ0n) is 10.4. The van der Waals surface area contributed by atoms with Crippen molar-refractivity contribution >= 4 is 38.6 Å². The SMILES string of the molecule is Cc1csc(C(C)Nc2ccc([N+](=O)[O-])cc2Br)n1. The van der Waals surface area contributed by atoms with Gasteiger partial charge in [-0.1, -0.05) is 0 Å². The molecule has 0 saturated carbocycles. The maximum atomic E-state index is 10.7. The van der Waals surface area contributed by atoms with E-state index >= 15 is 0 Å². The Kier molecular flexibility index (Phi) is 4.16.